The van der Waals surface area contributed by atoms with Crippen molar-refractivity contribution in [1.29, 1.82) is 0 Å². The topological polar surface area (TPSA) is 64.4 Å². The number of aryl methyl sites for hydroxylation is 2. The number of hydrogen-bond donors (Lipinski definition) is 0. The lowest BCUT2D eigenvalue weighted by Crippen LogP contribution is -2.33. The first-order chi connectivity index (χ1) is 13.1. The van der Waals surface area contributed by atoms with E-state index >= 15 is 0 Å². The molecule has 0 spiro atoms. The van der Waals surface area contributed by atoms with Crippen molar-refractivity contribution in [2.45, 2.75) is 66.0 Å². The summed E-state index contributed by atoms with van der Waals surface area (Å²) in [5.41, 5.74) is 1.07. The van der Waals surface area contributed by atoms with Crippen LogP contribution < -0.4 is 5.56 Å². The fourth-order valence-corrected chi connectivity index (χ4v) is 4.87. The number of ether oxygens (including phenoxy) is 1. The minimum absolute atomic E-state index is 0.0665. The van der Waals surface area contributed by atoms with Gasteiger partial charge in [0.1, 0.15) is 17.2 Å². The van der Waals surface area contributed by atoms with E-state index in [9.17, 15) is 9.59 Å². The Bertz CT molecular complexity index is 867. The van der Waals surface area contributed by atoms with Crippen LogP contribution in [0, 0.1) is 0 Å². The van der Waals surface area contributed by atoms with E-state index in [0.717, 1.165) is 54.6 Å². The summed E-state index contributed by atoms with van der Waals surface area (Å²) in [6.45, 7) is 8.73. The number of hydrogen-bond acceptors (Lipinski definition) is 6. The number of fused-ring (bicyclic) bond motifs is 3. The number of aromatic nitrogens is 2. The number of thiophene rings is 1. The number of carbonyl (C=O) groups is 1. The third-order valence-electron chi connectivity index (χ3n) is 5.17. The average molecular weight is 392 g/mol. The van der Waals surface area contributed by atoms with Crippen molar-refractivity contribution >= 4 is 27.5 Å². The van der Waals surface area contributed by atoms with Gasteiger partial charge in [0.15, 0.2) is 0 Å². The van der Waals surface area contributed by atoms with Crippen LogP contribution in [0.5, 0.6) is 0 Å². The summed E-state index contributed by atoms with van der Waals surface area (Å²) in [5.74, 6) is 0.285. The summed E-state index contributed by atoms with van der Waals surface area (Å²) in [6.07, 6.45) is 5.01. The van der Waals surface area contributed by atoms with Crippen molar-refractivity contribution in [3.05, 3.63) is 26.6 Å². The van der Waals surface area contributed by atoms with Crippen molar-refractivity contribution < 1.29 is 9.53 Å². The van der Waals surface area contributed by atoms with E-state index in [2.05, 4.69) is 18.7 Å². The van der Waals surface area contributed by atoms with Crippen LogP contribution >= 0.6 is 11.3 Å². The minimum Gasteiger partial charge on any atom is -0.464 e. The number of nitrogens with zero attached hydrogens (tertiary/aromatic N) is 3. The fraction of sp³-hybridized carbons (Fsp3) is 0.650. The quantitative estimate of drug-likeness (QED) is 0.647. The van der Waals surface area contributed by atoms with E-state index in [-0.39, 0.29) is 18.1 Å². The van der Waals surface area contributed by atoms with Gasteiger partial charge in [-0.3, -0.25) is 19.1 Å². The summed E-state index contributed by atoms with van der Waals surface area (Å²) in [7, 11) is 0. The minimum atomic E-state index is -0.370. The highest BCUT2D eigenvalue weighted by Crippen LogP contribution is 2.33. The maximum Gasteiger partial charge on any atom is 0.326 e. The first-order valence-electron chi connectivity index (χ1n) is 10.0. The Morgan fingerprint density at radius 1 is 1.22 bits per heavy atom. The summed E-state index contributed by atoms with van der Waals surface area (Å²) in [5, 5.41) is 0.723. The van der Waals surface area contributed by atoms with Gasteiger partial charge in [0.2, 0.25) is 0 Å². The van der Waals surface area contributed by atoms with Crippen LogP contribution in [0.1, 0.15) is 56.3 Å². The Kier molecular flexibility index (Phi) is 6.65. The molecule has 0 N–H and O–H groups in total. The van der Waals surface area contributed by atoms with Crippen LogP contribution in [0.3, 0.4) is 0 Å². The van der Waals surface area contributed by atoms with Crippen molar-refractivity contribution in [1.82, 2.24) is 14.5 Å². The van der Waals surface area contributed by atoms with Crippen molar-refractivity contribution in [2.24, 2.45) is 0 Å². The molecule has 27 heavy (non-hydrogen) atoms. The Balaban J connectivity index is 2.08. The molecule has 0 saturated heterocycles. The lowest BCUT2D eigenvalue weighted by Gasteiger charge is -2.20. The molecule has 1 aliphatic rings. The van der Waals surface area contributed by atoms with Gasteiger partial charge in [-0.05, 0) is 50.8 Å². The Hall–Kier alpha value is -1.73. The summed E-state index contributed by atoms with van der Waals surface area (Å²) in [4.78, 5) is 34.8. The molecule has 2 aromatic rings. The van der Waals surface area contributed by atoms with Crippen LogP contribution in [-0.4, -0.2) is 40.1 Å². The van der Waals surface area contributed by atoms with Gasteiger partial charge in [0, 0.05) is 4.88 Å². The normalized spacial score (nSPS) is 13.9. The standard InChI is InChI=1S/C20H29N3O3S/c1-4-11-26-17(24)13-23-16(12-22(5-2)6-3)21-19-18(20(23)25)14-9-7-8-10-15(14)27-19/h4-13H2,1-3H3. The van der Waals surface area contributed by atoms with Gasteiger partial charge in [-0.15, -0.1) is 11.3 Å². The molecule has 3 rings (SSSR count). The lowest BCUT2D eigenvalue weighted by molar-refractivity contribution is -0.144. The molecule has 6 nitrogen and oxygen atoms in total. The highest BCUT2D eigenvalue weighted by atomic mass is 32.1. The molecule has 0 saturated carbocycles. The predicted octanol–water partition coefficient (Wildman–Crippen LogP) is 3.13. The SMILES string of the molecule is CCCOC(=O)Cn1c(CN(CC)CC)nc2sc3c(c2c1=O)CCCC3. The molecule has 0 radical (unpaired) electrons. The summed E-state index contributed by atoms with van der Waals surface area (Å²) >= 11 is 1.65. The molecule has 1 aliphatic carbocycles. The van der Waals surface area contributed by atoms with Gasteiger partial charge in [0.25, 0.3) is 5.56 Å². The fourth-order valence-electron chi connectivity index (χ4n) is 3.60. The van der Waals surface area contributed by atoms with E-state index in [1.807, 2.05) is 6.92 Å². The van der Waals surface area contributed by atoms with Gasteiger partial charge >= 0.3 is 5.97 Å². The van der Waals surface area contributed by atoms with Crippen LogP contribution in [0.25, 0.3) is 10.2 Å². The maximum absolute atomic E-state index is 13.4. The second-order valence-electron chi connectivity index (χ2n) is 6.99. The Labute approximate surface area is 164 Å². The molecule has 0 aromatic carbocycles. The molecular formula is C20H29N3O3S. The number of carbonyl (C=O) groups excluding carboxylic acids is 1. The Morgan fingerprint density at radius 3 is 2.67 bits per heavy atom. The van der Waals surface area contributed by atoms with E-state index in [0.29, 0.717) is 19.0 Å². The van der Waals surface area contributed by atoms with Crippen molar-refractivity contribution in [3.8, 4) is 0 Å². The van der Waals surface area contributed by atoms with Crippen molar-refractivity contribution in [3.63, 3.8) is 0 Å². The molecule has 0 bridgehead atoms. The third-order valence-corrected chi connectivity index (χ3v) is 6.35. The monoisotopic (exact) mass is 391 g/mol. The van der Waals surface area contributed by atoms with Crippen molar-refractivity contribution in [2.75, 3.05) is 19.7 Å². The molecule has 7 heteroatoms. The first-order valence-corrected chi connectivity index (χ1v) is 10.8. The smallest absolute Gasteiger partial charge is 0.326 e. The summed E-state index contributed by atoms with van der Waals surface area (Å²) < 4.78 is 6.77. The molecule has 148 valence electrons. The zero-order valence-electron chi connectivity index (χ0n) is 16.5. The molecular weight excluding hydrogens is 362 g/mol. The van der Waals surface area contributed by atoms with Gasteiger partial charge in [-0.25, -0.2) is 4.98 Å². The third kappa shape index (κ3) is 4.24. The molecule has 0 fully saturated rings. The average Bonchev–Trinajstić information content (AvgIpc) is 3.05. The van der Waals surface area contributed by atoms with Crippen LogP contribution in [0.4, 0.5) is 0 Å². The zero-order chi connectivity index (χ0) is 19.4. The van der Waals surface area contributed by atoms with E-state index in [4.69, 9.17) is 9.72 Å². The van der Waals surface area contributed by atoms with Gasteiger partial charge < -0.3 is 4.74 Å². The molecule has 0 unspecified atom stereocenters. The second kappa shape index (κ2) is 8.97. The molecule has 2 aromatic heterocycles. The van der Waals surface area contributed by atoms with E-state index < -0.39 is 0 Å². The first kappa shape index (κ1) is 20.0. The highest BCUT2D eigenvalue weighted by molar-refractivity contribution is 7.18. The summed E-state index contributed by atoms with van der Waals surface area (Å²) in [6, 6.07) is 0. The van der Waals surface area contributed by atoms with E-state index in [1.165, 1.54) is 11.3 Å². The highest BCUT2D eigenvalue weighted by Gasteiger charge is 2.23. The molecule has 2 heterocycles. The molecule has 0 amide bonds. The maximum atomic E-state index is 13.4. The lowest BCUT2D eigenvalue weighted by atomic mass is 9.97. The van der Waals surface area contributed by atoms with Crippen LogP contribution in [0.2, 0.25) is 0 Å². The van der Waals surface area contributed by atoms with Crippen LogP contribution in [-0.2, 0) is 35.5 Å². The molecule has 0 aliphatic heterocycles. The largest absolute Gasteiger partial charge is 0.464 e. The zero-order valence-corrected chi connectivity index (χ0v) is 17.4. The number of rotatable bonds is 8. The number of esters is 1. The second-order valence-corrected chi connectivity index (χ2v) is 8.08. The molecule has 0 atom stereocenters. The van der Waals surface area contributed by atoms with E-state index in [1.54, 1.807) is 15.9 Å². The van der Waals surface area contributed by atoms with Crippen LogP contribution in [0.15, 0.2) is 4.79 Å². The van der Waals surface area contributed by atoms with Gasteiger partial charge in [-0.2, -0.15) is 0 Å². The Morgan fingerprint density at radius 2 is 1.96 bits per heavy atom. The van der Waals surface area contributed by atoms with Gasteiger partial charge in [0.05, 0.1) is 18.5 Å². The predicted molar refractivity (Wildman–Crippen MR) is 108 cm³/mol. The van der Waals surface area contributed by atoms with Gasteiger partial charge in [-0.1, -0.05) is 20.8 Å².